The molecule has 0 fully saturated rings. The van der Waals surface area contributed by atoms with Gasteiger partial charge in [0.15, 0.2) is 0 Å². The predicted octanol–water partition coefficient (Wildman–Crippen LogP) is 2.31. The van der Waals surface area contributed by atoms with Crippen LogP contribution in [0.3, 0.4) is 0 Å². The number of hydrogen-bond acceptors (Lipinski definition) is 1. The Labute approximate surface area is 73.2 Å². The second kappa shape index (κ2) is 3.68. The highest BCUT2D eigenvalue weighted by atomic mass is 127. The molecule has 0 amide bonds. The summed E-state index contributed by atoms with van der Waals surface area (Å²) in [5.74, 6) is -1.02. The topological polar surface area (TPSA) is 37.3 Å². The summed E-state index contributed by atoms with van der Waals surface area (Å²) in [7, 11) is 0. The van der Waals surface area contributed by atoms with Crippen molar-refractivity contribution in [2.75, 3.05) is 0 Å². The number of halogens is 3. The Morgan fingerprint density at radius 1 is 1.75 bits per heavy atom. The highest BCUT2D eigenvalue weighted by Gasteiger charge is 2.04. The Hall–Kier alpha value is 0.710. The second-order valence-electron chi connectivity index (χ2n) is 0.880. The molecule has 0 heterocycles. The summed E-state index contributed by atoms with van der Waals surface area (Å²) in [6.07, 6.45) is 0. The van der Waals surface area contributed by atoms with Gasteiger partial charge in [0, 0.05) is 0 Å². The van der Waals surface area contributed by atoms with Crippen LogP contribution in [0.1, 0.15) is 0 Å². The molecule has 0 aliphatic rings. The molecule has 0 bridgehead atoms. The first-order chi connectivity index (χ1) is 3.55. The summed E-state index contributed by atoms with van der Waals surface area (Å²) >= 11 is 9.65. The van der Waals surface area contributed by atoms with Crippen LogP contribution in [-0.4, -0.2) is 11.1 Å². The number of carboxylic acids is 1. The fourth-order valence-corrected chi connectivity index (χ4v) is 0.331. The summed E-state index contributed by atoms with van der Waals surface area (Å²) in [4.78, 5) is 9.96. The van der Waals surface area contributed by atoms with Crippen LogP contribution in [0.15, 0.2) is 7.52 Å². The van der Waals surface area contributed by atoms with E-state index in [9.17, 15) is 4.79 Å². The van der Waals surface area contributed by atoms with Crippen LogP contribution in [-0.2, 0) is 4.79 Å². The second-order valence-corrected chi connectivity index (χ2v) is 3.59. The van der Waals surface area contributed by atoms with Gasteiger partial charge in [-0.2, -0.15) is 0 Å². The van der Waals surface area contributed by atoms with Gasteiger partial charge < -0.3 is 5.11 Å². The molecule has 0 atom stereocenters. The first-order valence-corrected chi connectivity index (χ1v) is 3.74. The van der Waals surface area contributed by atoms with Gasteiger partial charge >= 0.3 is 5.97 Å². The van der Waals surface area contributed by atoms with Crippen LogP contribution < -0.4 is 0 Å². The summed E-state index contributed by atoms with van der Waals surface area (Å²) in [5.41, 5.74) is 0. The van der Waals surface area contributed by atoms with Crippen LogP contribution in [0.25, 0.3) is 0 Å². The fourth-order valence-electron chi connectivity index (χ4n) is 0.0808. The van der Waals surface area contributed by atoms with Crippen molar-refractivity contribution >= 4 is 56.1 Å². The zero-order valence-electron chi connectivity index (χ0n) is 3.49. The van der Waals surface area contributed by atoms with E-state index < -0.39 is 5.97 Å². The number of carboxylic acid groups (broad SMARTS) is 1. The van der Waals surface area contributed by atoms with Crippen molar-refractivity contribution < 1.29 is 9.90 Å². The van der Waals surface area contributed by atoms with E-state index in [1.165, 1.54) is 0 Å². The zero-order chi connectivity index (χ0) is 6.73. The summed E-state index contributed by atoms with van der Waals surface area (Å²) in [6.45, 7) is 0. The lowest BCUT2D eigenvalue weighted by molar-refractivity contribution is -0.131. The quantitative estimate of drug-likeness (QED) is 0.596. The minimum Gasteiger partial charge on any atom is -0.477 e. The van der Waals surface area contributed by atoms with E-state index in [0.717, 1.165) is 0 Å². The van der Waals surface area contributed by atoms with Crippen LogP contribution >= 0.6 is 50.1 Å². The first kappa shape index (κ1) is 8.71. The number of carbonyl (C=O) groups is 1. The van der Waals surface area contributed by atoms with Crippen molar-refractivity contribution in [1.29, 1.82) is 0 Å². The van der Waals surface area contributed by atoms with Gasteiger partial charge in [-0.25, -0.2) is 4.79 Å². The van der Waals surface area contributed by atoms with Crippen molar-refractivity contribution in [2.24, 2.45) is 0 Å². The van der Waals surface area contributed by atoms with E-state index in [2.05, 4.69) is 15.9 Å². The molecule has 0 unspecified atom stereocenters. The largest absolute Gasteiger partial charge is 0.477 e. The van der Waals surface area contributed by atoms with Gasteiger partial charge in [-0.05, 0) is 38.5 Å². The van der Waals surface area contributed by atoms with Gasteiger partial charge in [0.25, 0.3) is 0 Å². The summed E-state index contributed by atoms with van der Waals surface area (Å²) in [5, 5.41) is 8.17. The van der Waals surface area contributed by atoms with Crippen LogP contribution in [0.2, 0.25) is 0 Å². The lowest BCUT2D eigenvalue weighted by Crippen LogP contribution is -1.92. The average molecular weight is 311 g/mol. The smallest absolute Gasteiger partial charge is 0.344 e. The minimum absolute atomic E-state index is 0.0873. The molecule has 5 heteroatoms. The molecule has 0 radical (unpaired) electrons. The maximum atomic E-state index is 9.96. The van der Waals surface area contributed by atoms with E-state index in [4.69, 9.17) is 16.7 Å². The molecule has 0 aromatic heterocycles. The van der Waals surface area contributed by atoms with Crippen LogP contribution in [0, 0.1) is 0 Å². The van der Waals surface area contributed by atoms with Crippen molar-refractivity contribution in [2.45, 2.75) is 0 Å². The normalized spacial score (nSPS) is 12.9. The first-order valence-electron chi connectivity index (χ1n) is 1.49. The van der Waals surface area contributed by atoms with Gasteiger partial charge in [0.05, 0.1) is 0 Å². The maximum Gasteiger partial charge on any atom is 0.344 e. The molecule has 46 valence electrons. The molecule has 8 heavy (non-hydrogen) atoms. The van der Waals surface area contributed by atoms with E-state index in [-0.39, 0.29) is 7.52 Å². The summed E-state index contributed by atoms with van der Waals surface area (Å²) in [6, 6.07) is 0. The Morgan fingerprint density at radius 3 is 2.12 bits per heavy atom. The lowest BCUT2D eigenvalue weighted by Gasteiger charge is -1.86. The molecule has 0 aliphatic carbocycles. The number of aliphatic carboxylic acids is 1. The average Bonchev–Trinajstić information content (AvgIpc) is 1.64. The molecule has 0 aliphatic heterocycles. The van der Waals surface area contributed by atoms with E-state index >= 15 is 0 Å². The molecule has 0 saturated heterocycles. The van der Waals surface area contributed by atoms with E-state index in [1.54, 1.807) is 22.6 Å². The van der Waals surface area contributed by atoms with Gasteiger partial charge in [0.2, 0.25) is 0 Å². The lowest BCUT2D eigenvalue weighted by atomic mass is 10.7. The fraction of sp³-hybridized carbons (Fsp3) is 0. The van der Waals surface area contributed by atoms with E-state index in [0.29, 0.717) is 0 Å². The van der Waals surface area contributed by atoms with Gasteiger partial charge in [-0.1, -0.05) is 11.6 Å². The standard InChI is InChI=1S/C3HBrClIO2/c4-2(5)1(6)3(7)8/h(H,7,8)/b2-1+. The van der Waals surface area contributed by atoms with Gasteiger partial charge in [-0.15, -0.1) is 0 Å². The number of hydrogen-bond donors (Lipinski definition) is 1. The maximum absolute atomic E-state index is 9.96. The molecular weight excluding hydrogens is 310 g/mol. The number of rotatable bonds is 1. The zero-order valence-corrected chi connectivity index (χ0v) is 7.99. The Kier molecular flexibility index (Phi) is 4.01. The minimum atomic E-state index is -1.02. The third kappa shape index (κ3) is 2.88. The third-order valence-electron chi connectivity index (χ3n) is 0.354. The highest BCUT2D eigenvalue weighted by Crippen LogP contribution is 2.21. The van der Waals surface area contributed by atoms with Crippen molar-refractivity contribution in [3.63, 3.8) is 0 Å². The third-order valence-corrected chi connectivity index (χ3v) is 3.00. The van der Waals surface area contributed by atoms with Gasteiger partial charge in [0.1, 0.15) is 7.52 Å². The predicted molar refractivity (Wildman–Crippen MR) is 43.5 cm³/mol. The Bertz CT molecular complexity index is 140. The Balaban J connectivity index is 4.23. The molecule has 1 N–H and O–H groups in total. The van der Waals surface area contributed by atoms with E-state index in [1.807, 2.05) is 0 Å². The highest BCUT2D eigenvalue weighted by molar-refractivity contribution is 14.1. The van der Waals surface area contributed by atoms with Crippen molar-refractivity contribution in [1.82, 2.24) is 0 Å². The summed E-state index contributed by atoms with van der Waals surface area (Å²) < 4.78 is 0.217. The molecule has 0 aromatic carbocycles. The molecule has 2 nitrogen and oxygen atoms in total. The molecule has 0 rings (SSSR count). The molecule has 0 aromatic rings. The molecular formula is C3HBrClIO2. The Morgan fingerprint density at radius 2 is 2.12 bits per heavy atom. The van der Waals surface area contributed by atoms with Crippen molar-refractivity contribution in [3.05, 3.63) is 7.52 Å². The van der Waals surface area contributed by atoms with Gasteiger partial charge in [-0.3, -0.25) is 0 Å². The SMILES string of the molecule is O=C(O)/C(I)=C(\Cl)Br. The van der Waals surface area contributed by atoms with Crippen molar-refractivity contribution in [3.8, 4) is 0 Å². The monoisotopic (exact) mass is 310 g/mol. The van der Waals surface area contributed by atoms with Crippen LogP contribution in [0.5, 0.6) is 0 Å². The van der Waals surface area contributed by atoms with Crippen LogP contribution in [0.4, 0.5) is 0 Å². The molecule has 0 spiro atoms. The molecule has 0 saturated carbocycles.